The fourth-order valence-electron chi connectivity index (χ4n) is 1.69. The van der Waals surface area contributed by atoms with Crippen LogP contribution in [0.25, 0.3) is 0 Å². The lowest BCUT2D eigenvalue weighted by molar-refractivity contribution is -0.143. The molecule has 0 saturated heterocycles. The Labute approximate surface area is 116 Å². The van der Waals surface area contributed by atoms with Crippen molar-refractivity contribution in [3.8, 4) is 0 Å². The van der Waals surface area contributed by atoms with Crippen LogP contribution in [0.3, 0.4) is 0 Å². The summed E-state index contributed by atoms with van der Waals surface area (Å²) in [5.74, 6) is -0.480. The average Bonchev–Trinajstić information content (AvgIpc) is 2.94. The summed E-state index contributed by atoms with van der Waals surface area (Å²) in [6, 6.07) is 8.86. The van der Waals surface area contributed by atoms with Crippen LogP contribution >= 0.6 is 0 Å². The van der Waals surface area contributed by atoms with E-state index in [1.807, 2.05) is 6.07 Å². The van der Waals surface area contributed by atoms with Gasteiger partial charge in [0.15, 0.2) is 5.69 Å². The van der Waals surface area contributed by atoms with E-state index >= 15 is 0 Å². The minimum absolute atomic E-state index is 0.187. The molecule has 0 N–H and O–H groups in total. The smallest absolute Gasteiger partial charge is 0.307 e. The van der Waals surface area contributed by atoms with Crippen molar-refractivity contribution in [1.82, 2.24) is 15.0 Å². The molecule has 2 rings (SSSR count). The number of aryl methyl sites for hydroxylation is 1. The zero-order valence-corrected chi connectivity index (χ0v) is 11.2. The molecule has 0 atom stereocenters. The molecule has 0 fully saturated rings. The van der Waals surface area contributed by atoms with E-state index in [4.69, 9.17) is 4.74 Å². The average molecular weight is 273 g/mol. The standard InChI is InChI=1S/C14H15N3O3/c1-2-20-13(18)8-9-17-10-12(15-16-17)14(19)11-6-4-3-5-7-11/h3-7,10H,2,8-9H2,1H3. The Morgan fingerprint density at radius 2 is 2.00 bits per heavy atom. The summed E-state index contributed by atoms with van der Waals surface area (Å²) in [6.45, 7) is 2.45. The molecule has 0 unspecified atom stereocenters. The first-order chi connectivity index (χ1) is 9.70. The van der Waals surface area contributed by atoms with Crippen LogP contribution in [0, 0.1) is 0 Å². The van der Waals surface area contributed by atoms with Crippen molar-refractivity contribution < 1.29 is 14.3 Å². The molecule has 2 aromatic rings. The minimum atomic E-state index is -0.293. The van der Waals surface area contributed by atoms with Gasteiger partial charge in [-0.05, 0) is 6.92 Å². The van der Waals surface area contributed by atoms with Gasteiger partial charge in [0.1, 0.15) is 0 Å². The number of aromatic nitrogens is 3. The topological polar surface area (TPSA) is 74.1 Å². The van der Waals surface area contributed by atoms with E-state index in [0.717, 1.165) is 0 Å². The Morgan fingerprint density at radius 1 is 1.25 bits per heavy atom. The van der Waals surface area contributed by atoms with E-state index in [9.17, 15) is 9.59 Å². The molecular formula is C14H15N3O3. The first kappa shape index (κ1) is 13.9. The van der Waals surface area contributed by atoms with E-state index in [1.165, 1.54) is 10.9 Å². The van der Waals surface area contributed by atoms with Crippen LogP contribution in [-0.2, 0) is 16.1 Å². The van der Waals surface area contributed by atoms with Crippen LogP contribution in [0.1, 0.15) is 29.4 Å². The third-order valence-electron chi connectivity index (χ3n) is 2.66. The summed E-state index contributed by atoms with van der Waals surface area (Å²) in [6.07, 6.45) is 1.74. The molecular weight excluding hydrogens is 258 g/mol. The van der Waals surface area contributed by atoms with Crippen molar-refractivity contribution in [3.05, 3.63) is 47.8 Å². The lowest BCUT2D eigenvalue weighted by Crippen LogP contribution is -2.09. The van der Waals surface area contributed by atoms with Crippen molar-refractivity contribution in [1.29, 1.82) is 0 Å². The number of ether oxygens (including phenoxy) is 1. The molecule has 0 bridgehead atoms. The number of hydrogen-bond donors (Lipinski definition) is 0. The number of carbonyl (C=O) groups excluding carboxylic acids is 2. The van der Waals surface area contributed by atoms with Gasteiger partial charge in [0.2, 0.25) is 5.78 Å². The van der Waals surface area contributed by atoms with E-state index < -0.39 is 0 Å². The maximum absolute atomic E-state index is 12.1. The zero-order valence-electron chi connectivity index (χ0n) is 11.2. The fourth-order valence-corrected chi connectivity index (χ4v) is 1.69. The largest absolute Gasteiger partial charge is 0.466 e. The molecule has 0 aliphatic rings. The second-order valence-corrected chi connectivity index (χ2v) is 4.12. The number of ketones is 1. The van der Waals surface area contributed by atoms with Crippen LogP contribution in [0.15, 0.2) is 36.5 Å². The number of hydrogen-bond acceptors (Lipinski definition) is 5. The van der Waals surface area contributed by atoms with Crippen LogP contribution < -0.4 is 0 Å². The second-order valence-electron chi connectivity index (χ2n) is 4.12. The van der Waals surface area contributed by atoms with Gasteiger partial charge in [-0.1, -0.05) is 35.5 Å². The van der Waals surface area contributed by atoms with Crippen molar-refractivity contribution in [2.45, 2.75) is 19.9 Å². The molecule has 1 aromatic heterocycles. The predicted octanol–water partition coefficient (Wildman–Crippen LogP) is 1.46. The van der Waals surface area contributed by atoms with Crippen molar-refractivity contribution in [2.24, 2.45) is 0 Å². The van der Waals surface area contributed by atoms with E-state index in [1.54, 1.807) is 31.2 Å². The van der Waals surface area contributed by atoms with E-state index in [0.29, 0.717) is 18.7 Å². The van der Waals surface area contributed by atoms with Gasteiger partial charge in [-0.2, -0.15) is 0 Å². The number of esters is 1. The van der Waals surface area contributed by atoms with Crippen LogP contribution in [0.2, 0.25) is 0 Å². The third kappa shape index (κ3) is 3.50. The van der Waals surface area contributed by atoms with Gasteiger partial charge in [0, 0.05) is 5.56 Å². The molecule has 104 valence electrons. The Morgan fingerprint density at radius 3 is 2.70 bits per heavy atom. The summed E-state index contributed by atoms with van der Waals surface area (Å²) < 4.78 is 6.29. The van der Waals surface area contributed by atoms with Gasteiger partial charge in [-0.25, -0.2) is 0 Å². The van der Waals surface area contributed by atoms with Gasteiger partial charge >= 0.3 is 5.97 Å². The molecule has 0 radical (unpaired) electrons. The molecule has 0 amide bonds. The normalized spacial score (nSPS) is 10.2. The molecule has 1 aromatic carbocycles. The molecule has 0 spiro atoms. The van der Waals surface area contributed by atoms with Crippen molar-refractivity contribution in [3.63, 3.8) is 0 Å². The Kier molecular flexibility index (Phi) is 4.60. The summed E-state index contributed by atoms with van der Waals surface area (Å²) >= 11 is 0. The lowest BCUT2D eigenvalue weighted by Gasteiger charge is -2.00. The van der Waals surface area contributed by atoms with Crippen molar-refractivity contribution in [2.75, 3.05) is 6.61 Å². The highest BCUT2D eigenvalue weighted by Crippen LogP contribution is 2.06. The number of benzene rings is 1. The van der Waals surface area contributed by atoms with Crippen LogP contribution in [0.4, 0.5) is 0 Å². The second kappa shape index (κ2) is 6.60. The van der Waals surface area contributed by atoms with Gasteiger partial charge < -0.3 is 4.74 Å². The summed E-state index contributed by atoms with van der Waals surface area (Å²) in [7, 11) is 0. The lowest BCUT2D eigenvalue weighted by atomic mass is 10.1. The molecule has 1 heterocycles. The molecule has 6 nitrogen and oxygen atoms in total. The maximum atomic E-state index is 12.1. The fraction of sp³-hybridized carbons (Fsp3) is 0.286. The Bertz CT molecular complexity index is 593. The zero-order chi connectivity index (χ0) is 14.4. The first-order valence-electron chi connectivity index (χ1n) is 6.36. The molecule has 0 aliphatic heterocycles. The summed E-state index contributed by atoms with van der Waals surface area (Å²) in [4.78, 5) is 23.3. The van der Waals surface area contributed by atoms with Gasteiger partial charge in [-0.3, -0.25) is 14.3 Å². The summed E-state index contributed by atoms with van der Waals surface area (Å²) in [5.41, 5.74) is 0.824. The van der Waals surface area contributed by atoms with Crippen LogP contribution in [-0.4, -0.2) is 33.4 Å². The van der Waals surface area contributed by atoms with Gasteiger partial charge in [0.25, 0.3) is 0 Å². The van der Waals surface area contributed by atoms with E-state index in [-0.39, 0.29) is 23.9 Å². The van der Waals surface area contributed by atoms with Gasteiger partial charge in [0.05, 0.1) is 25.8 Å². The molecule has 0 aliphatic carbocycles. The molecule has 20 heavy (non-hydrogen) atoms. The number of rotatable bonds is 6. The highest BCUT2D eigenvalue weighted by molar-refractivity contribution is 6.07. The Balaban J connectivity index is 1.99. The number of nitrogens with zero attached hydrogens (tertiary/aromatic N) is 3. The van der Waals surface area contributed by atoms with E-state index in [2.05, 4.69) is 10.3 Å². The highest BCUT2D eigenvalue weighted by atomic mass is 16.5. The predicted molar refractivity (Wildman–Crippen MR) is 71.1 cm³/mol. The monoisotopic (exact) mass is 273 g/mol. The minimum Gasteiger partial charge on any atom is -0.466 e. The first-order valence-corrected chi connectivity index (χ1v) is 6.36. The third-order valence-corrected chi connectivity index (χ3v) is 2.66. The molecule has 6 heteroatoms. The number of carbonyl (C=O) groups is 2. The van der Waals surface area contributed by atoms with Crippen molar-refractivity contribution >= 4 is 11.8 Å². The quantitative estimate of drug-likeness (QED) is 0.588. The summed E-state index contributed by atoms with van der Waals surface area (Å²) in [5, 5.41) is 7.66. The SMILES string of the molecule is CCOC(=O)CCn1cc(C(=O)c2ccccc2)nn1. The molecule has 0 saturated carbocycles. The highest BCUT2D eigenvalue weighted by Gasteiger charge is 2.13. The Hall–Kier alpha value is -2.50. The van der Waals surface area contributed by atoms with Crippen LogP contribution in [0.5, 0.6) is 0 Å². The maximum Gasteiger partial charge on any atom is 0.307 e. The van der Waals surface area contributed by atoms with Gasteiger partial charge in [-0.15, -0.1) is 5.10 Å².